The average Bonchev–Trinajstić information content (AvgIpc) is 2.44. The van der Waals surface area contributed by atoms with Crippen LogP contribution in [0.3, 0.4) is 0 Å². The number of nitrogens with one attached hydrogen (secondary N) is 1. The standard InChI is InChI=1S/C9H17NO4S/c11-9(12)2-1-4-10-6-8-3-5-15(13,14)7-8/h8,10H,1-7H2,(H,11,12). The summed E-state index contributed by atoms with van der Waals surface area (Å²) < 4.78 is 22.2. The Morgan fingerprint density at radius 3 is 2.73 bits per heavy atom. The Labute approximate surface area is 89.8 Å². The maximum atomic E-state index is 11.1. The molecule has 0 saturated carbocycles. The van der Waals surface area contributed by atoms with Crippen LogP contribution in [0.2, 0.25) is 0 Å². The molecule has 0 aromatic heterocycles. The van der Waals surface area contributed by atoms with Crippen LogP contribution < -0.4 is 5.32 Å². The maximum absolute atomic E-state index is 11.1. The Morgan fingerprint density at radius 1 is 1.47 bits per heavy atom. The summed E-state index contributed by atoms with van der Waals surface area (Å²) in [6.07, 6.45) is 1.49. The summed E-state index contributed by atoms with van der Waals surface area (Å²) in [6, 6.07) is 0. The van der Waals surface area contributed by atoms with Gasteiger partial charge < -0.3 is 10.4 Å². The van der Waals surface area contributed by atoms with Crippen molar-refractivity contribution >= 4 is 15.8 Å². The van der Waals surface area contributed by atoms with Crippen LogP contribution in [-0.2, 0) is 14.6 Å². The molecule has 88 valence electrons. The van der Waals surface area contributed by atoms with Crippen LogP contribution in [0.1, 0.15) is 19.3 Å². The lowest BCUT2D eigenvalue weighted by Gasteiger charge is -2.08. The quantitative estimate of drug-likeness (QED) is 0.627. The van der Waals surface area contributed by atoms with Gasteiger partial charge in [0.25, 0.3) is 0 Å². The van der Waals surface area contributed by atoms with E-state index in [0.717, 1.165) is 6.42 Å². The fraction of sp³-hybridized carbons (Fsp3) is 0.889. The molecule has 2 N–H and O–H groups in total. The van der Waals surface area contributed by atoms with E-state index in [9.17, 15) is 13.2 Å². The third-order valence-corrected chi connectivity index (χ3v) is 4.34. The van der Waals surface area contributed by atoms with Crippen molar-refractivity contribution in [2.24, 2.45) is 5.92 Å². The average molecular weight is 235 g/mol. The van der Waals surface area contributed by atoms with Gasteiger partial charge in [-0.2, -0.15) is 0 Å². The molecule has 0 bridgehead atoms. The van der Waals surface area contributed by atoms with E-state index in [4.69, 9.17) is 5.11 Å². The lowest BCUT2D eigenvalue weighted by Crippen LogP contribution is -2.24. The third-order valence-electron chi connectivity index (χ3n) is 2.50. The van der Waals surface area contributed by atoms with Crippen LogP contribution in [0, 0.1) is 5.92 Å². The predicted octanol–water partition coefficient (Wildman–Crippen LogP) is -0.124. The fourth-order valence-electron chi connectivity index (χ4n) is 1.70. The first-order chi connectivity index (χ1) is 6.99. The second-order valence-electron chi connectivity index (χ2n) is 3.97. The molecule has 1 rings (SSSR count). The molecule has 1 heterocycles. The van der Waals surface area contributed by atoms with Crippen molar-refractivity contribution in [3.05, 3.63) is 0 Å². The minimum Gasteiger partial charge on any atom is -0.481 e. The molecule has 1 atom stereocenters. The molecule has 6 heteroatoms. The molecule has 0 aliphatic carbocycles. The monoisotopic (exact) mass is 235 g/mol. The van der Waals surface area contributed by atoms with E-state index in [1.807, 2.05) is 0 Å². The van der Waals surface area contributed by atoms with Crippen LogP contribution >= 0.6 is 0 Å². The van der Waals surface area contributed by atoms with Gasteiger partial charge >= 0.3 is 5.97 Å². The number of carbonyl (C=O) groups is 1. The van der Waals surface area contributed by atoms with Gasteiger partial charge in [-0.05, 0) is 31.8 Å². The smallest absolute Gasteiger partial charge is 0.303 e. The first-order valence-electron chi connectivity index (χ1n) is 5.12. The Hall–Kier alpha value is -0.620. The summed E-state index contributed by atoms with van der Waals surface area (Å²) in [6.45, 7) is 1.32. The first kappa shape index (κ1) is 12.4. The second kappa shape index (κ2) is 5.46. The highest BCUT2D eigenvalue weighted by molar-refractivity contribution is 7.91. The zero-order valence-corrected chi connectivity index (χ0v) is 9.42. The fourth-order valence-corrected chi connectivity index (χ4v) is 3.57. The highest BCUT2D eigenvalue weighted by Gasteiger charge is 2.27. The lowest BCUT2D eigenvalue weighted by atomic mass is 10.1. The van der Waals surface area contributed by atoms with Crippen molar-refractivity contribution in [2.75, 3.05) is 24.6 Å². The molecule has 1 aliphatic rings. The van der Waals surface area contributed by atoms with E-state index in [2.05, 4.69) is 5.32 Å². The number of aliphatic carboxylic acids is 1. The maximum Gasteiger partial charge on any atom is 0.303 e. The van der Waals surface area contributed by atoms with Crippen LogP contribution in [0.25, 0.3) is 0 Å². The van der Waals surface area contributed by atoms with Crippen molar-refractivity contribution in [1.29, 1.82) is 0 Å². The van der Waals surface area contributed by atoms with Gasteiger partial charge in [-0.3, -0.25) is 4.79 Å². The first-order valence-corrected chi connectivity index (χ1v) is 6.95. The Bertz CT molecular complexity index is 312. The van der Waals surface area contributed by atoms with Gasteiger partial charge in [0.15, 0.2) is 9.84 Å². The summed E-state index contributed by atoms with van der Waals surface area (Å²) in [4.78, 5) is 10.2. The van der Waals surface area contributed by atoms with Crippen molar-refractivity contribution in [1.82, 2.24) is 5.32 Å². The largest absolute Gasteiger partial charge is 0.481 e. The summed E-state index contributed by atoms with van der Waals surface area (Å²) in [7, 11) is -2.79. The minimum absolute atomic E-state index is 0.163. The molecule has 1 unspecified atom stereocenters. The van der Waals surface area contributed by atoms with Crippen LogP contribution in [-0.4, -0.2) is 44.1 Å². The Kier molecular flexibility index (Phi) is 4.53. The van der Waals surface area contributed by atoms with Gasteiger partial charge in [0, 0.05) is 6.42 Å². The number of hydrogen-bond donors (Lipinski definition) is 2. The highest BCUT2D eigenvalue weighted by atomic mass is 32.2. The number of hydrogen-bond acceptors (Lipinski definition) is 4. The summed E-state index contributed by atoms with van der Waals surface area (Å²) in [5, 5.41) is 11.5. The van der Waals surface area contributed by atoms with Gasteiger partial charge in [0.1, 0.15) is 0 Å². The molecular formula is C9H17NO4S. The Balaban J connectivity index is 2.04. The number of carboxylic acids is 1. The molecule has 15 heavy (non-hydrogen) atoms. The van der Waals surface area contributed by atoms with E-state index >= 15 is 0 Å². The third kappa shape index (κ3) is 5.13. The molecule has 1 aliphatic heterocycles. The van der Waals surface area contributed by atoms with E-state index < -0.39 is 15.8 Å². The SMILES string of the molecule is O=C(O)CCCNCC1CCS(=O)(=O)C1. The van der Waals surface area contributed by atoms with Gasteiger partial charge in [-0.25, -0.2) is 8.42 Å². The van der Waals surface area contributed by atoms with Gasteiger partial charge in [0.05, 0.1) is 11.5 Å². The van der Waals surface area contributed by atoms with Crippen molar-refractivity contribution in [3.8, 4) is 0 Å². The van der Waals surface area contributed by atoms with Crippen LogP contribution in [0.4, 0.5) is 0 Å². The van der Waals surface area contributed by atoms with Gasteiger partial charge in [-0.1, -0.05) is 0 Å². The minimum atomic E-state index is -2.79. The lowest BCUT2D eigenvalue weighted by molar-refractivity contribution is -0.137. The van der Waals surface area contributed by atoms with Crippen LogP contribution in [0.15, 0.2) is 0 Å². The molecule has 0 spiro atoms. The summed E-state index contributed by atoms with van der Waals surface area (Å²) >= 11 is 0. The van der Waals surface area contributed by atoms with Gasteiger partial charge in [0.2, 0.25) is 0 Å². The molecule has 0 aromatic carbocycles. The highest BCUT2D eigenvalue weighted by Crippen LogP contribution is 2.17. The molecule has 1 fully saturated rings. The molecule has 5 nitrogen and oxygen atoms in total. The summed E-state index contributed by atoms with van der Waals surface area (Å²) in [5.41, 5.74) is 0. The normalized spacial score (nSPS) is 24.1. The Morgan fingerprint density at radius 2 is 2.20 bits per heavy atom. The summed E-state index contributed by atoms with van der Waals surface area (Å²) in [5.74, 6) is -0.00648. The molecule has 0 amide bonds. The van der Waals surface area contributed by atoms with Crippen molar-refractivity contribution in [2.45, 2.75) is 19.3 Å². The van der Waals surface area contributed by atoms with E-state index in [1.54, 1.807) is 0 Å². The number of sulfone groups is 1. The van der Waals surface area contributed by atoms with E-state index in [0.29, 0.717) is 25.3 Å². The topological polar surface area (TPSA) is 83.5 Å². The van der Waals surface area contributed by atoms with E-state index in [1.165, 1.54) is 0 Å². The predicted molar refractivity (Wildman–Crippen MR) is 56.5 cm³/mol. The van der Waals surface area contributed by atoms with Crippen LogP contribution in [0.5, 0.6) is 0 Å². The zero-order chi connectivity index (χ0) is 11.3. The number of rotatable bonds is 6. The zero-order valence-electron chi connectivity index (χ0n) is 8.61. The van der Waals surface area contributed by atoms with E-state index in [-0.39, 0.29) is 18.1 Å². The number of carboxylic acid groups (broad SMARTS) is 1. The molecule has 0 aromatic rings. The van der Waals surface area contributed by atoms with Crippen molar-refractivity contribution in [3.63, 3.8) is 0 Å². The molecule has 0 radical (unpaired) electrons. The second-order valence-corrected chi connectivity index (χ2v) is 6.20. The van der Waals surface area contributed by atoms with Crippen molar-refractivity contribution < 1.29 is 18.3 Å². The molecular weight excluding hydrogens is 218 g/mol. The molecule has 1 saturated heterocycles. The van der Waals surface area contributed by atoms with Gasteiger partial charge in [-0.15, -0.1) is 0 Å².